The first-order valence-corrected chi connectivity index (χ1v) is 10.1. The molecule has 0 radical (unpaired) electrons. The molecule has 28 heavy (non-hydrogen) atoms. The minimum Gasteiger partial charge on any atom is -0.506 e. The molecule has 1 amide bonds. The number of nitrogens with one attached hydrogen (secondary N) is 1. The minimum absolute atomic E-state index is 0.00760. The minimum atomic E-state index is -3.54. The van der Waals surface area contributed by atoms with Crippen molar-refractivity contribution in [1.82, 2.24) is 13.9 Å². The van der Waals surface area contributed by atoms with Crippen LogP contribution in [-0.4, -0.2) is 47.4 Å². The number of nitrogens with zero attached hydrogens (tertiary/aromatic N) is 3. The van der Waals surface area contributed by atoms with Gasteiger partial charge in [0.15, 0.2) is 0 Å². The largest absolute Gasteiger partial charge is 0.506 e. The van der Waals surface area contributed by atoms with Crippen molar-refractivity contribution >= 4 is 32.7 Å². The molecule has 2 N–H and O–H groups in total. The number of benzene rings is 2. The summed E-state index contributed by atoms with van der Waals surface area (Å²) in [4.78, 5) is 16.8. The van der Waals surface area contributed by atoms with E-state index in [0.29, 0.717) is 23.4 Å². The van der Waals surface area contributed by atoms with Crippen molar-refractivity contribution in [2.75, 3.05) is 19.4 Å². The standard InChI is InChI=1S/C19H22N4O4S/c1-22(2)28(26,27)13-8-9-16-15(12-13)20-18(23(16)3)10-11-19(25)21-14-6-4-5-7-17(14)24/h4-9,12,24H,10-11H2,1-3H3,(H,21,25). The molecule has 1 heterocycles. The maximum Gasteiger partial charge on any atom is 0.242 e. The van der Waals surface area contributed by atoms with E-state index < -0.39 is 10.0 Å². The Bertz CT molecular complexity index is 1140. The van der Waals surface area contributed by atoms with Crippen LogP contribution in [0.5, 0.6) is 5.75 Å². The van der Waals surface area contributed by atoms with Crippen molar-refractivity contribution < 1.29 is 18.3 Å². The van der Waals surface area contributed by atoms with Crippen LogP contribution >= 0.6 is 0 Å². The van der Waals surface area contributed by atoms with Gasteiger partial charge < -0.3 is 15.0 Å². The van der Waals surface area contributed by atoms with Crippen LogP contribution < -0.4 is 5.32 Å². The number of aromatic hydroxyl groups is 1. The first-order chi connectivity index (χ1) is 13.2. The van der Waals surface area contributed by atoms with Gasteiger partial charge in [-0.15, -0.1) is 0 Å². The maximum atomic E-state index is 12.3. The fourth-order valence-electron chi connectivity index (χ4n) is 2.84. The second-order valence-electron chi connectivity index (χ2n) is 6.59. The number of phenolic OH excluding ortho intramolecular Hbond substituents is 1. The monoisotopic (exact) mass is 402 g/mol. The molecule has 1 aromatic heterocycles. The number of phenols is 1. The van der Waals surface area contributed by atoms with E-state index in [1.54, 1.807) is 30.3 Å². The second-order valence-corrected chi connectivity index (χ2v) is 8.74. The Morgan fingerprint density at radius 2 is 1.93 bits per heavy atom. The first kappa shape index (κ1) is 19.8. The molecule has 0 atom stereocenters. The summed E-state index contributed by atoms with van der Waals surface area (Å²) in [6, 6.07) is 11.3. The summed E-state index contributed by atoms with van der Waals surface area (Å²) in [7, 11) is 1.24. The molecule has 148 valence electrons. The fraction of sp³-hybridized carbons (Fsp3) is 0.263. The number of amides is 1. The lowest BCUT2D eigenvalue weighted by atomic mass is 10.2. The summed E-state index contributed by atoms with van der Waals surface area (Å²) in [5.41, 5.74) is 1.70. The lowest BCUT2D eigenvalue weighted by molar-refractivity contribution is -0.116. The SMILES string of the molecule is CN(C)S(=O)(=O)c1ccc2c(c1)nc(CCC(=O)Nc1ccccc1O)n2C. The summed E-state index contributed by atoms with van der Waals surface area (Å²) in [5, 5.41) is 12.4. The second kappa shape index (κ2) is 7.61. The molecule has 0 unspecified atom stereocenters. The van der Waals surface area contributed by atoms with E-state index in [1.165, 1.54) is 26.2 Å². The molecule has 8 nitrogen and oxygen atoms in total. The molecule has 0 saturated heterocycles. The zero-order chi connectivity index (χ0) is 20.5. The summed E-state index contributed by atoms with van der Waals surface area (Å²) >= 11 is 0. The molecule has 0 aliphatic heterocycles. The number of fused-ring (bicyclic) bond motifs is 1. The number of anilines is 1. The van der Waals surface area contributed by atoms with Gasteiger partial charge >= 0.3 is 0 Å². The van der Waals surface area contributed by atoms with Crippen LogP contribution in [0.3, 0.4) is 0 Å². The number of hydrogen-bond donors (Lipinski definition) is 2. The molecular formula is C19H22N4O4S. The van der Waals surface area contributed by atoms with Gasteiger partial charge in [0.25, 0.3) is 0 Å². The quantitative estimate of drug-likeness (QED) is 0.615. The molecule has 0 fully saturated rings. The van der Waals surface area contributed by atoms with Crippen molar-refractivity contribution in [1.29, 1.82) is 0 Å². The van der Waals surface area contributed by atoms with Crippen molar-refractivity contribution in [3.63, 3.8) is 0 Å². The van der Waals surface area contributed by atoms with Gasteiger partial charge in [-0.2, -0.15) is 0 Å². The number of rotatable bonds is 6. The number of para-hydroxylation sites is 2. The fourth-order valence-corrected chi connectivity index (χ4v) is 3.76. The van der Waals surface area contributed by atoms with Gasteiger partial charge in [0.05, 0.1) is 21.6 Å². The van der Waals surface area contributed by atoms with E-state index in [1.807, 2.05) is 11.6 Å². The van der Waals surface area contributed by atoms with Gasteiger partial charge in [0.1, 0.15) is 11.6 Å². The number of carbonyl (C=O) groups excluding carboxylic acids is 1. The lowest BCUT2D eigenvalue weighted by Crippen LogP contribution is -2.22. The van der Waals surface area contributed by atoms with Crippen LogP contribution in [0.1, 0.15) is 12.2 Å². The van der Waals surface area contributed by atoms with Crippen molar-refractivity contribution in [3.05, 3.63) is 48.3 Å². The summed E-state index contributed by atoms with van der Waals surface area (Å²) in [6.07, 6.45) is 0.550. The molecule has 0 aliphatic carbocycles. The smallest absolute Gasteiger partial charge is 0.242 e. The number of sulfonamides is 1. The highest BCUT2D eigenvalue weighted by Gasteiger charge is 2.19. The van der Waals surface area contributed by atoms with Gasteiger partial charge in [-0.1, -0.05) is 12.1 Å². The third-order valence-corrected chi connectivity index (χ3v) is 6.29. The van der Waals surface area contributed by atoms with E-state index in [2.05, 4.69) is 10.3 Å². The average Bonchev–Trinajstić information content (AvgIpc) is 2.97. The molecule has 0 bridgehead atoms. The molecular weight excluding hydrogens is 380 g/mol. The normalized spacial score (nSPS) is 11.9. The summed E-state index contributed by atoms with van der Waals surface area (Å²) in [6.45, 7) is 0. The zero-order valence-electron chi connectivity index (χ0n) is 15.9. The van der Waals surface area contributed by atoms with Crippen molar-refractivity contribution in [2.24, 2.45) is 7.05 Å². The number of imidazole rings is 1. The number of hydrogen-bond acceptors (Lipinski definition) is 5. The number of aryl methyl sites for hydroxylation is 2. The number of aromatic nitrogens is 2. The molecule has 3 aromatic rings. The Labute approximate surface area is 163 Å². The maximum absolute atomic E-state index is 12.3. The zero-order valence-corrected chi connectivity index (χ0v) is 16.7. The highest BCUT2D eigenvalue weighted by molar-refractivity contribution is 7.89. The molecule has 2 aromatic carbocycles. The van der Waals surface area contributed by atoms with Crippen LogP contribution in [0.15, 0.2) is 47.4 Å². The van der Waals surface area contributed by atoms with Crippen LogP contribution in [0.25, 0.3) is 11.0 Å². The first-order valence-electron chi connectivity index (χ1n) is 8.66. The van der Waals surface area contributed by atoms with E-state index in [0.717, 1.165) is 9.82 Å². The lowest BCUT2D eigenvalue weighted by Gasteiger charge is -2.10. The van der Waals surface area contributed by atoms with Gasteiger partial charge in [-0.25, -0.2) is 17.7 Å². The van der Waals surface area contributed by atoms with Gasteiger partial charge in [0.2, 0.25) is 15.9 Å². The highest BCUT2D eigenvalue weighted by atomic mass is 32.2. The van der Waals surface area contributed by atoms with Gasteiger partial charge in [0, 0.05) is 34.0 Å². The third kappa shape index (κ3) is 3.85. The molecule has 0 saturated carbocycles. The topological polar surface area (TPSA) is 105 Å². The molecule has 9 heteroatoms. The molecule has 0 aliphatic rings. The van der Waals surface area contributed by atoms with E-state index in [9.17, 15) is 18.3 Å². The van der Waals surface area contributed by atoms with Gasteiger partial charge in [-0.05, 0) is 30.3 Å². The van der Waals surface area contributed by atoms with E-state index in [-0.39, 0.29) is 23.0 Å². The highest BCUT2D eigenvalue weighted by Crippen LogP contribution is 2.23. The Balaban J connectivity index is 1.77. The Morgan fingerprint density at radius 1 is 1.21 bits per heavy atom. The van der Waals surface area contributed by atoms with Crippen molar-refractivity contribution in [2.45, 2.75) is 17.7 Å². The van der Waals surface area contributed by atoms with E-state index in [4.69, 9.17) is 0 Å². The predicted octanol–water partition coefficient (Wildman–Crippen LogP) is 2.10. The summed E-state index contributed by atoms with van der Waals surface area (Å²) < 4.78 is 27.6. The summed E-state index contributed by atoms with van der Waals surface area (Å²) in [5.74, 6) is 0.430. The Kier molecular flexibility index (Phi) is 5.39. The Morgan fingerprint density at radius 3 is 2.61 bits per heavy atom. The average molecular weight is 402 g/mol. The number of carbonyl (C=O) groups is 1. The molecule has 0 spiro atoms. The van der Waals surface area contributed by atoms with Crippen LogP contribution in [0.2, 0.25) is 0 Å². The van der Waals surface area contributed by atoms with Crippen LogP contribution in [0, 0.1) is 0 Å². The Hall–Kier alpha value is -2.91. The van der Waals surface area contributed by atoms with Crippen LogP contribution in [0.4, 0.5) is 5.69 Å². The third-order valence-electron chi connectivity index (χ3n) is 4.48. The van der Waals surface area contributed by atoms with Crippen molar-refractivity contribution in [3.8, 4) is 5.75 Å². The predicted molar refractivity (Wildman–Crippen MR) is 107 cm³/mol. The van der Waals surface area contributed by atoms with E-state index >= 15 is 0 Å². The van der Waals surface area contributed by atoms with Gasteiger partial charge in [-0.3, -0.25) is 4.79 Å². The molecule has 3 rings (SSSR count). The van der Waals surface area contributed by atoms with Crippen LogP contribution in [-0.2, 0) is 28.3 Å².